The summed E-state index contributed by atoms with van der Waals surface area (Å²) in [6.45, 7) is 11.8. The number of aryl methyl sites for hydroxylation is 2. The number of likely N-dealkylation sites (N-methyl/N-ethyl adjacent to an activating group) is 1. The monoisotopic (exact) mass is 472 g/mol. The SMILES string of the molecule is CCCCOP(/C=C1/N(C)c2ccccc2C1(C)C)(=Nc1ccc(C)cc1C)c1ccccc1. The third kappa shape index (κ3) is 4.65. The van der Waals surface area contributed by atoms with Crippen molar-refractivity contribution in [3.8, 4) is 0 Å². The lowest BCUT2D eigenvalue weighted by Crippen LogP contribution is -2.23. The first-order valence-electron chi connectivity index (χ1n) is 12.2. The van der Waals surface area contributed by atoms with E-state index in [1.54, 1.807) is 0 Å². The van der Waals surface area contributed by atoms with Crippen LogP contribution in [0.15, 0.2) is 89.1 Å². The molecule has 1 atom stereocenters. The number of rotatable bonds is 7. The molecule has 3 nitrogen and oxygen atoms in total. The van der Waals surface area contributed by atoms with Crippen molar-refractivity contribution in [2.45, 2.75) is 52.9 Å². The van der Waals surface area contributed by atoms with Gasteiger partial charge in [-0.15, -0.1) is 0 Å². The quantitative estimate of drug-likeness (QED) is 0.254. The lowest BCUT2D eigenvalue weighted by molar-refractivity contribution is 0.344. The average Bonchev–Trinajstić information content (AvgIpc) is 3.02. The smallest absolute Gasteiger partial charge is 0.143 e. The molecule has 0 saturated carbocycles. The first-order chi connectivity index (χ1) is 16.3. The summed E-state index contributed by atoms with van der Waals surface area (Å²) < 4.78 is 12.4. The van der Waals surface area contributed by atoms with Gasteiger partial charge in [-0.1, -0.05) is 93.4 Å². The van der Waals surface area contributed by atoms with Gasteiger partial charge in [-0.25, -0.2) is 4.74 Å². The second kappa shape index (κ2) is 9.94. The maximum absolute atomic E-state index is 6.89. The summed E-state index contributed by atoms with van der Waals surface area (Å²) in [5.74, 6) is 2.37. The van der Waals surface area contributed by atoms with E-state index < -0.39 is 7.28 Å². The van der Waals surface area contributed by atoms with Crippen molar-refractivity contribution in [1.29, 1.82) is 0 Å². The molecule has 4 heteroatoms. The van der Waals surface area contributed by atoms with Crippen LogP contribution in [0.4, 0.5) is 11.4 Å². The topological polar surface area (TPSA) is 24.8 Å². The Labute approximate surface area is 205 Å². The Morgan fingerprint density at radius 1 is 0.971 bits per heavy atom. The third-order valence-electron chi connectivity index (χ3n) is 6.76. The number of nitrogens with zero attached hydrogens (tertiary/aromatic N) is 2. The summed E-state index contributed by atoms with van der Waals surface area (Å²) in [7, 11) is -0.347. The van der Waals surface area contributed by atoms with Crippen molar-refractivity contribution in [3.63, 3.8) is 0 Å². The zero-order valence-corrected chi connectivity index (χ0v) is 22.3. The van der Waals surface area contributed by atoms with Gasteiger partial charge in [0.05, 0.1) is 12.3 Å². The largest absolute Gasteiger partial charge is 0.347 e. The molecule has 0 fully saturated rings. The molecule has 4 rings (SSSR count). The molecule has 0 radical (unpaired) electrons. The maximum atomic E-state index is 6.89. The van der Waals surface area contributed by atoms with Crippen LogP contribution in [-0.2, 0) is 9.94 Å². The van der Waals surface area contributed by atoms with Crippen LogP contribution in [0.5, 0.6) is 0 Å². The summed E-state index contributed by atoms with van der Waals surface area (Å²) in [5, 5.41) is 1.15. The fraction of sp³-hybridized carbons (Fsp3) is 0.333. The van der Waals surface area contributed by atoms with Gasteiger partial charge < -0.3 is 9.42 Å². The average molecular weight is 473 g/mol. The minimum Gasteiger partial charge on any atom is -0.347 e. The van der Waals surface area contributed by atoms with Gasteiger partial charge in [0.1, 0.15) is 7.28 Å². The normalized spacial score (nSPS) is 17.5. The van der Waals surface area contributed by atoms with Gasteiger partial charge in [0.25, 0.3) is 0 Å². The highest BCUT2D eigenvalue weighted by Crippen LogP contribution is 2.58. The summed E-state index contributed by atoms with van der Waals surface area (Å²) in [5.41, 5.74) is 7.14. The summed E-state index contributed by atoms with van der Waals surface area (Å²) in [4.78, 5) is 2.33. The van der Waals surface area contributed by atoms with Crippen LogP contribution in [-0.4, -0.2) is 13.7 Å². The highest BCUT2D eigenvalue weighted by Gasteiger charge is 2.40. The van der Waals surface area contributed by atoms with Gasteiger partial charge in [0, 0.05) is 35.0 Å². The molecule has 1 heterocycles. The zero-order valence-electron chi connectivity index (χ0n) is 21.4. The minimum atomic E-state index is -2.52. The van der Waals surface area contributed by atoms with Crippen molar-refractivity contribution < 1.29 is 4.52 Å². The second-order valence-electron chi connectivity index (χ2n) is 9.75. The van der Waals surface area contributed by atoms with Crippen molar-refractivity contribution in [3.05, 3.63) is 101 Å². The van der Waals surface area contributed by atoms with Crippen LogP contribution in [0.3, 0.4) is 0 Å². The summed E-state index contributed by atoms with van der Waals surface area (Å²) in [6, 6.07) is 25.8. The fourth-order valence-corrected chi connectivity index (χ4v) is 7.75. The lowest BCUT2D eigenvalue weighted by Gasteiger charge is -2.29. The molecule has 0 spiro atoms. The first-order valence-corrected chi connectivity index (χ1v) is 14.0. The number of hydrogen-bond donors (Lipinski definition) is 0. The number of benzene rings is 3. The van der Waals surface area contributed by atoms with Crippen LogP contribution in [0.25, 0.3) is 0 Å². The molecule has 34 heavy (non-hydrogen) atoms. The van der Waals surface area contributed by atoms with E-state index in [4.69, 9.17) is 9.27 Å². The zero-order chi connectivity index (χ0) is 24.3. The summed E-state index contributed by atoms with van der Waals surface area (Å²) >= 11 is 0. The molecule has 0 N–H and O–H groups in total. The van der Waals surface area contributed by atoms with Gasteiger partial charge in [0.15, 0.2) is 0 Å². The number of fused-ring (bicyclic) bond motifs is 1. The number of para-hydroxylation sites is 1. The Morgan fingerprint density at radius 2 is 1.68 bits per heavy atom. The predicted octanol–water partition coefficient (Wildman–Crippen LogP) is 8.46. The molecule has 178 valence electrons. The van der Waals surface area contributed by atoms with Crippen molar-refractivity contribution in [2.75, 3.05) is 18.6 Å². The molecule has 1 aliphatic rings. The van der Waals surface area contributed by atoms with Gasteiger partial charge in [-0.2, -0.15) is 0 Å². The number of allylic oxidation sites excluding steroid dienone is 1. The number of hydrogen-bond acceptors (Lipinski definition) is 3. The van der Waals surface area contributed by atoms with E-state index in [1.165, 1.54) is 28.1 Å². The molecule has 0 saturated heterocycles. The maximum Gasteiger partial charge on any atom is 0.143 e. The Balaban J connectivity index is 2.00. The molecule has 0 aliphatic carbocycles. The van der Waals surface area contributed by atoms with E-state index in [1.807, 2.05) is 0 Å². The Bertz CT molecular complexity index is 1240. The van der Waals surface area contributed by atoms with Gasteiger partial charge in [-0.3, -0.25) is 0 Å². The van der Waals surface area contributed by atoms with E-state index >= 15 is 0 Å². The Hall–Kier alpha value is -2.61. The first kappa shape index (κ1) is 24.5. The van der Waals surface area contributed by atoms with E-state index in [0.717, 1.165) is 23.8 Å². The molecule has 0 amide bonds. The van der Waals surface area contributed by atoms with Gasteiger partial charge >= 0.3 is 0 Å². The number of unbranched alkanes of at least 4 members (excludes halogenated alkanes) is 1. The van der Waals surface area contributed by atoms with E-state index in [0.29, 0.717) is 6.61 Å². The van der Waals surface area contributed by atoms with Gasteiger partial charge in [-0.05, 0) is 43.5 Å². The van der Waals surface area contributed by atoms with Crippen LogP contribution in [0.2, 0.25) is 0 Å². The lowest BCUT2D eigenvalue weighted by atomic mass is 9.84. The third-order valence-corrected chi connectivity index (χ3v) is 9.48. The second-order valence-corrected chi connectivity index (χ2v) is 12.2. The standard InChI is InChI=1S/C30H37N2OP/c1-7-8-20-33-34(25-14-10-9-11-15-25,31-27-19-18-23(2)21-24(27)3)22-29-30(4,5)26-16-12-13-17-28(26)32(29)6/h9-19,21-22H,7-8,20H2,1-6H3/b29-22+. The van der Waals surface area contributed by atoms with E-state index in [9.17, 15) is 0 Å². The molecular weight excluding hydrogens is 435 g/mol. The van der Waals surface area contributed by atoms with Crippen molar-refractivity contribution in [1.82, 2.24) is 0 Å². The van der Waals surface area contributed by atoms with E-state index in [-0.39, 0.29) is 5.41 Å². The molecule has 0 aromatic heterocycles. The molecule has 3 aromatic rings. The Kier molecular flexibility index (Phi) is 7.17. The minimum absolute atomic E-state index is 0.142. The van der Waals surface area contributed by atoms with Crippen LogP contribution >= 0.6 is 7.28 Å². The van der Waals surface area contributed by atoms with Crippen LogP contribution in [0, 0.1) is 13.8 Å². The summed E-state index contributed by atoms with van der Waals surface area (Å²) in [6.07, 6.45) is 2.10. The highest BCUT2D eigenvalue weighted by molar-refractivity contribution is 7.72. The van der Waals surface area contributed by atoms with Gasteiger partial charge in [0.2, 0.25) is 0 Å². The van der Waals surface area contributed by atoms with Crippen LogP contribution < -0.4 is 10.2 Å². The van der Waals surface area contributed by atoms with Crippen molar-refractivity contribution >= 4 is 24.0 Å². The predicted molar refractivity (Wildman–Crippen MR) is 148 cm³/mol. The molecule has 0 bridgehead atoms. The van der Waals surface area contributed by atoms with Crippen molar-refractivity contribution in [2.24, 2.45) is 4.74 Å². The highest BCUT2D eigenvalue weighted by atomic mass is 31.2. The van der Waals surface area contributed by atoms with Crippen LogP contribution in [0.1, 0.15) is 50.3 Å². The van der Waals surface area contributed by atoms with E-state index in [2.05, 4.69) is 125 Å². The molecule has 1 aliphatic heterocycles. The molecule has 1 unspecified atom stereocenters. The fourth-order valence-electron chi connectivity index (χ4n) is 4.76. The molecular formula is C30H37N2OP. The molecule has 3 aromatic carbocycles. The Morgan fingerprint density at radius 3 is 2.35 bits per heavy atom. The number of anilines is 1.